The van der Waals surface area contributed by atoms with E-state index in [2.05, 4.69) is 20.2 Å². The monoisotopic (exact) mass is 371 g/mol. The molecule has 0 aromatic carbocycles. The largest absolute Gasteiger partial charge is 0.481 e. The minimum Gasteiger partial charge on any atom is -0.481 e. The number of anilines is 2. The Morgan fingerprint density at radius 1 is 1.33 bits per heavy atom. The summed E-state index contributed by atoms with van der Waals surface area (Å²) in [4.78, 5) is 33.5. The Hall–Kier alpha value is -2.90. The van der Waals surface area contributed by atoms with Crippen LogP contribution in [-0.2, 0) is 11.3 Å². The van der Waals surface area contributed by atoms with Gasteiger partial charge in [-0.25, -0.2) is 9.78 Å². The van der Waals surface area contributed by atoms with E-state index in [1.807, 2.05) is 25.1 Å². The number of carbonyl (C=O) groups is 1. The second kappa shape index (κ2) is 8.66. The molecule has 3 heterocycles. The molecule has 2 N–H and O–H groups in total. The van der Waals surface area contributed by atoms with Crippen LogP contribution < -0.4 is 15.9 Å². The molecule has 0 radical (unpaired) electrons. The van der Waals surface area contributed by atoms with Crippen LogP contribution in [0.25, 0.3) is 0 Å². The molecule has 1 saturated heterocycles. The van der Waals surface area contributed by atoms with Crippen molar-refractivity contribution >= 4 is 17.6 Å². The minimum atomic E-state index is -0.926. The predicted octanol–water partition coefficient (Wildman–Crippen LogP) is 1.75. The van der Waals surface area contributed by atoms with Crippen molar-refractivity contribution in [2.24, 2.45) is 5.92 Å². The molecule has 8 heteroatoms. The summed E-state index contributed by atoms with van der Waals surface area (Å²) in [6, 6.07) is 5.82. The van der Waals surface area contributed by atoms with Crippen LogP contribution in [0.3, 0.4) is 0 Å². The van der Waals surface area contributed by atoms with E-state index in [1.54, 1.807) is 12.4 Å². The van der Waals surface area contributed by atoms with Crippen molar-refractivity contribution in [2.45, 2.75) is 32.7 Å². The van der Waals surface area contributed by atoms with Gasteiger partial charge in [0.15, 0.2) is 0 Å². The first-order valence-electron chi connectivity index (χ1n) is 9.22. The zero-order chi connectivity index (χ0) is 19.2. The van der Waals surface area contributed by atoms with Gasteiger partial charge in [0.1, 0.15) is 11.6 Å². The van der Waals surface area contributed by atoms with Gasteiger partial charge in [0.25, 0.3) is 0 Å². The second-order valence-corrected chi connectivity index (χ2v) is 6.89. The summed E-state index contributed by atoms with van der Waals surface area (Å²) in [7, 11) is 0. The number of piperidine rings is 1. The first kappa shape index (κ1) is 18.9. The number of aromatic nitrogens is 3. The lowest BCUT2D eigenvalue weighted by atomic mass is 9.96. The Balaban J connectivity index is 1.56. The number of carboxylic acids is 1. The van der Waals surface area contributed by atoms with E-state index >= 15 is 0 Å². The molecule has 8 nitrogen and oxygen atoms in total. The highest BCUT2D eigenvalue weighted by Crippen LogP contribution is 2.23. The number of nitrogens with zero attached hydrogens (tertiary/aromatic N) is 4. The summed E-state index contributed by atoms with van der Waals surface area (Å²) in [6.45, 7) is 4.63. The van der Waals surface area contributed by atoms with Gasteiger partial charge in [-0.15, -0.1) is 0 Å². The van der Waals surface area contributed by atoms with Crippen molar-refractivity contribution in [3.05, 3.63) is 46.6 Å². The number of hydrogen-bond acceptors (Lipinski definition) is 6. The molecule has 0 bridgehead atoms. The zero-order valence-electron chi connectivity index (χ0n) is 15.5. The molecule has 1 fully saturated rings. The molecule has 0 unspecified atom stereocenters. The highest BCUT2D eigenvalue weighted by atomic mass is 16.4. The molecule has 0 saturated carbocycles. The molecular weight excluding hydrogens is 346 g/mol. The van der Waals surface area contributed by atoms with E-state index in [0.717, 1.165) is 43.9 Å². The third-order valence-electron chi connectivity index (χ3n) is 4.87. The van der Waals surface area contributed by atoms with Crippen LogP contribution in [-0.4, -0.2) is 45.2 Å². The van der Waals surface area contributed by atoms with E-state index in [9.17, 15) is 9.59 Å². The molecule has 2 aromatic rings. The molecule has 2 aromatic heterocycles. The fourth-order valence-corrected chi connectivity index (χ4v) is 3.35. The van der Waals surface area contributed by atoms with Crippen molar-refractivity contribution in [3.8, 4) is 0 Å². The fourth-order valence-electron chi connectivity index (χ4n) is 3.35. The van der Waals surface area contributed by atoms with Crippen LogP contribution in [0.5, 0.6) is 0 Å². The Morgan fingerprint density at radius 2 is 2.11 bits per heavy atom. The van der Waals surface area contributed by atoms with Crippen LogP contribution in [0.2, 0.25) is 0 Å². The smallest absolute Gasteiger partial charge is 0.349 e. The fraction of sp³-hybridized carbons (Fsp3) is 0.474. The van der Waals surface area contributed by atoms with Crippen molar-refractivity contribution in [1.82, 2.24) is 14.5 Å². The van der Waals surface area contributed by atoms with Gasteiger partial charge >= 0.3 is 11.7 Å². The van der Waals surface area contributed by atoms with E-state index in [1.165, 1.54) is 4.57 Å². The average molecular weight is 371 g/mol. The van der Waals surface area contributed by atoms with Crippen LogP contribution in [0.4, 0.5) is 11.6 Å². The summed E-state index contributed by atoms with van der Waals surface area (Å²) in [5.41, 5.74) is 0.501. The number of aliphatic carboxylic acids is 1. The first-order chi connectivity index (χ1) is 13.0. The van der Waals surface area contributed by atoms with Crippen molar-refractivity contribution in [3.63, 3.8) is 0 Å². The lowest BCUT2D eigenvalue weighted by Gasteiger charge is -2.33. The maximum absolute atomic E-state index is 12.2. The van der Waals surface area contributed by atoms with Crippen LogP contribution >= 0.6 is 0 Å². The summed E-state index contributed by atoms with van der Waals surface area (Å²) < 4.78 is 1.37. The summed E-state index contributed by atoms with van der Waals surface area (Å²) in [5, 5.41) is 12.2. The summed E-state index contributed by atoms with van der Waals surface area (Å²) in [5.74, 6) is 1.23. The van der Waals surface area contributed by atoms with Crippen LogP contribution in [0.1, 0.15) is 24.8 Å². The van der Waals surface area contributed by atoms with Gasteiger partial charge in [-0.2, -0.15) is 4.98 Å². The highest BCUT2D eigenvalue weighted by Gasteiger charge is 2.22. The molecule has 144 valence electrons. The van der Waals surface area contributed by atoms with Gasteiger partial charge in [-0.05, 0) is 37.8 Å². The Bertz CT molecular complexity index is 829. The third kappa shape index (κ3) is 5.06. The van der Waals surface area contributed by atoms with Crippen LogP contribution in [0.15, 0.2) is 35.4 Å². The molecule has 3 rings (SSSR count). The minimum absolute atomic E-state index is 0.0883. The summed E-state index contributed by atoms with van der Waals surface area (Å²) in [6.07, 6.45) is 5.43. The van der Waals surface area contributed by atoms with Gasteiger partial charge in [-0.1, -0.05) is 6.07 Å². The third-order valence-corrected chi connectivity index (χ3v) is 4.87. The zero-order valence-corrected chi connectivity index (χ0v) is 15.5. The number of nitrogens with one attached hydrogen (secondary N) is 1. The van der Waals surface area contributed by atoms with Gasteiger partial charge in [0, 0.05) is 44.1 Å². The molecule has 0 amide bonds. The average Bonchev–Trinajstić information content (AvgIpc) is 2.68. The standard InChI is InChI=1S/C19H25N5O3/c1-14-13-24(11-7-17(25)26)19(27)22-18(14)23-9-5-15(6-10-23)12-21-16-4-2-3-8-20-16/h2-4,8,13,15H,5-7,9-12H2,1H3,(H,20,21)(H,25,26). The number of aryl methyl sites for hydroxylation is 2. The van der Waals surface area contributed by atoms with E-state index < -0.39 is 11.7 Å². The normalized spacial score (nSPS) is 14.9. The van der Waals surface area contributed by atoms with Gasteiger partial charge in [-0.3, -0.25) is 9.36 Å². The van der Waals surface area contributed by atoms with Crippen LogP contribution in [0, 0.1) is 12.8 Å². The van der Waals surface area contributed by atoms with Gasteiger partial charge in [0.2, 0.25) is 0 Å². The Morgan fingerprint density at radius 3 is 2.78 bits per heavy atom. The Kier molecular flexibility index (Phi) is 6.05. The molecule has 0 spiro atoms. The molecule has 0 aliphatic carbocycles. The number of pyridine rings is 1. The van der Waals surface area contributed by atoms with E-state index in [-0.39, 0.29) is 13.0 Å². The number of hydrogen-bond donors (Lipinski definition) is 2. The first-order valence-corrected chi connectivity index (χ1v) is 9.22. The van der Waals surface area contributed by atoms with Crippen molar-refractivity contribution in [2.75, 3.05) is 29.9 Å². The quantitative estimate of drug-likeness (QED) is 0.765. The molecule has 1 aliphatic rings. The van der Waals surface area contributed by atoms with E-state index in [0.29, 0.717) is 11.7 Å². The number of rotatable bonds is 7. The van der Waals surface area contributed by atoms with Crippen molar-refractivity contribution < 1.29 is 9.90 Å². The number of carboxylic acid groups (broad SMARTS) is 1. The van der Waals surface area contributed by atoms with Gasteiger partial charge < -0.3 is 15.3 Å². The maximum Gasteiger partial charge on any atom is 0.349 e. The Labute approximate surface area is 157 Å². The lowest BCUT2D eigenvalue weighted by Crippen LogP contribution is -2.38. The van der Waals surface area contributed by atoms with Crippen molar-refractivity contribution in [1.29, 1.82) is 0 Å². The SMILES string of the molecule is Cc1cn(CCC(=O)O)c(=O)nc1N1CCC(CNc2ccccn2)CC1. The maximum atomic E-state index is 12.2. The highest BCUT2D eigenvalue weighted by molar-refractivity contribution is 5.66. The molecular formula is C19H25N5O3. The molecule has 1 aliphatic heterocycles. The lowest BCUT2D eigenvalue weighted by molar-refractivity contribution is -0.137. The van der Waals surface area contributed by atoms with E-state index in [4.69, 9.17) is 5.11 Å². The second-order valence-electron chi connectivity index (χ2n) is 6.89. The molecule has 0 atom stereocenters. The predicted molar refractivity (Wildman–Crippen MR) is 103 cm³/mol. The van der Waals surface area contributed by atoms with Gasteiger partial charge in [0.05, 0.1) is 6.42 Å². The molecule has 27 heavy (non-hydrogen) atoms. The summed E-state index contributed by atoms with van der Waals surface area (Å²) >= 11 is 0. The topological polar surface area (TPSA) is 100 Å².